The zero-order chi connectivity index (χ0) is 28.6. The summed E-state index contributed by atoms with van der Waals surface area (Å²) in [7, 11) is 0. The van der Waals surface area contributed by atoms with Gasteiger partial charge >= 0.3 is 0 Å². The van der Waals surface area contributed by atoms with Gasteiger partial charge in [0.1, 0.15) is 24.8 Å². The molecular weight excluding hydrogens is 486 g/mol. The standard InChI is InChI=1S/C15H14N2O.C15H15NO2.C2H6.CH4/c1-11-8-12(2)17-15(14(11)9-16)18-10-13-6-4-3-5-7-13;1-11-8-12(2)16-15(14(11)9-17)18-10-13-6-4-3-5-7-13;1-2;/h3-8H,10H2,1-2H3;3-9H,10H2,1-2H3;1-2H3;1H4/i;;1D;. The second-order valence-electron chi connectivity index (χ2n) is 8.34. The highest BCUT2D eigenvalue weighted by Crippen LogP contribution is 2.21. The monoisotopic (exact) mass is 526 g/mol. The number of carbonyl (C=O) groups excluding carboxylic acids is 1. The molecule has 4 rings (SSSR count). The minimum Gasteiger partial charge on any atom is -0.472 e. The lowest BCUT2D eigenvalue weighted by Gasteiger charge is -2.10. The molecule has 0 aliphatic heterocycles. The van der Waals surface area contributed by atoms with Crippen LogP contribution in [-0.4, -0.2) is 16.3 Å². The molecule has 0 amide bonds. The van der Waals surface area contributed by atoms with Gasteiger partial charge in [0.2, 0.25) is 11.8 Å². The van der Waals surface area contributed by atoms with Gasteiger partial charge < -0.3 is 9.47 Å². The highest BCUT2D eigenvalue weighted by atomic mass is 16.5. The van der Waals surface area contributed by atoms with Gasteiger partial charge in [-0.15, -0.1) is 0 Å². The number of hydrogen-bond donors (Lipinski definition) is 0. The number of aromatic nitrogens is 2. The van der Waals surface area contributed by atoms with Crippen LogP contribution in [0.1, 0.15) is 72.2 Å². The average molecular weight is 527 g/mol. The number of aryl methyl sites for hydroxylation is 4. The van der Waals surface area contributed by atoms with Crippen molar-refractivity contribution in [3.8, 4) is 17.8 Å². The SMILES string of the molecule is C.Cc1cc(C)c(C#N)c(OCc2ccccc2)n1.Cc1cc(C)c(C=O)c(OCc2ccccc2)n1.[2H]CC. The van der Waals surface area contributed by atoms with Gasteiger partial charge in [-0.1, -0.05) is 81.9 Å². The summed E-state index contributed by atoms with van der Waals surface area (Å²) >= 11 is 0. The maximum Gasteiger partial charge on any atom is 0.232 e. The Morgan fingerprint density at radius 3 is 1.72 bits per heavy atom. The molecule has 4 aromatic rings. The average Bonchev–Trinajstić information content (AvgIpc) is 2.92. The van der Waals surface area contributed by atoms with E-state index in [1.807, 2.05) is 100 Å². The minimum absolute atomic E-state index is 0. The molecule has 0 N–H and O–H groups in total. The minimum atomic E-state index is 0. The van der Waals surface area contributed by atoms with Crippen molar-refractivity contribution < 1.29 is 15.6 Å². The van der Waals surface area contributed by atoms with Crippen LogP contribution in [0, 0.1) is 39.0 Å². The zero-order valence-electron chi connectivity index (χ0n) is 23.7. The van der Waals surface area contributed by atoms with Crippen LogP contribution in [0.4, 0.5) is 0 Å². The Balaban J connectivity index is 0.000000356. The van der Waals surface area contributed by atoms with Crippen LogP contribution in [0.25, 0.3) is 0 Å². The zero-order valence-corrected chi connectivity index (χ0v) is 22.7. The third-order valence-corrected chi connectivity index (χ3v) is 5.34. The molecule has 0 atom stereocenters. The molecule has 0 unspecified atom stereocenters. The normalized spacial score (nSPS) is 9.69. The molecule has 6 nitrogen and oxygen atoms in total. The van der Waals surface area contributed by atoms with Gasteiger partial charge in [-0.25, -0.2) is 9.97 Å². The number of aldehydes is 1. The Morgan fingerprint density at radius 1 is 0.821 bits per heavy atom. The lowest BCUT2D eigenvalue weighted by Crippen LogP contribution is -2.03. The second-order valence-corrected chi connectivity index (χ2v) is 8.34. The van der Waals surface area contributed by atoms with Crippen molar-refractivity contribution in [2.45, 2.75) is 62.2 Å². The summed E-state index contributed by atoms with van der Waals surface area (Å²) in [5.41, 5.74) is 6.63. The number of nitriles is 1. The molecule has 204 valence electrons. The largest absolute Gasteiger partial charge is 0.472 e. The van der Waals surface area contributed by atoms with Crippen molar-refractivity contribution in [1.82, 2.24) is 9.97 Å². The molecule has 2 aromatic heterocycles. The Labute approximate surface area is 234 Å². The Hall–Kier alpha value is -4.50. The van der Waals surface area contributed by atoms with Crippen LogP contribution in [0.2, 0.25) is 0 Å². The quantitative estimate of drug-likeness (QED) is 0.228. The topological polar surface area (TPSA) is 85.1 Å². The Bertz CT molecular complexity index is 1370. The van der Waals surface area contributed by atoms with Gasteiger partial charge in [-0.2, -0.15) is 5.26 Å². The third kappa shape index (κ3) is 10.1. The van der Waals surface area contributed by atoms with Crippen LogP contribution < -0.4 is 9.47 Å². The first-order valence-corrected chi connectivity index (χ1v) is 12.3. The number of rotatable bonds is 7. The lowest BCUT2D eigenvalue weighted by atomic mass is 10.1. The van der Waals surface area contributed by atoms with Gasteiger partial charge in [0, 0.05) is 12.8 Å². The molecule has 0 bridgehead atoms. The summed E-state index contributed by atoms with van der Waals surface area (Å²) in [5.74, 6) is 0.824. The van der Waals surface area contributed by atoms with Crippen LogP contribution in [-0.2, 0) is 13.2 Å². The predicted octanol–water partition coefficient (Wildman–Crippen LogP) is 7.90. The number of benzene rings is 2. The van der Waals surface area contributed by atoms with E-state index >= 15 is 0 Å². The van der Waals surface area contributed by atoms with Crippen molar-refractivity contribution in [3.05, 3.63) is 118 Å². The van der Waals surface area contributed by atoms with E-state index < -0.39 is 0 Å². The van der Waals surface area contributed by atoms with Crippen molar-refractivity contribution in [2.75, 3.05) is 0 Å². The first-order valence-electron chi connectivity index (χ1n) is 13.0. The highest BCUT2D eigenvalue weighted by Gasteiger charge is 2.10. The maximum atomic E-state index is 11.1. The van der Waals surface area contributed by atoms with Gasteiger partial charge in [0.15, 0.2) is 6.29 Å². The summed E-state index contributed by atoms with van der Waals surface area (Å²) in [6.45, 7) is 10.7. The van der Waals surface area contributed by atoms with E-state index in [0.29, 0.717) is 43.0 Å². The van der Waals surface area contributed by atoms with Crippen LogP contribution in [0.15, 0.2) is 72.8 Å². The van der Waals surface area contributed by atoms with E-state index in [9.17, 15) is 4.79 Å². The van der Waals surface area contributed by atoms with Gasteiger partial charge in [0.05, 0.1) is 5.56 Å². The molecule has 0 saturated carbocycles. The van der Waals surface area contributed by atoms with Gasteiger partial charge in [-0.3, -0.25) is 4.79 Å². The summed E-state index contributed by atoms with van der Waals surface area (Å²) in [6.07, 6.45) is 0.794. The fourth-order valence-corrected chi connectivity index (χ4v) is 3.56. The molecular formula is C33H39N3O3. The van der Waals surface area contributed by atoms with Crippen molar-refractivity contribution in [1.29, 1.82) is 5.26 Å². The lowest BCUT2D eigenvalue weighted by molar-refractivity contribution is 0.111. The van der Waals surface area contributed by atoms with Crippen molar-refractivity contribution in [3.63, 3.8) is 0 Å². The fraction of sp³-hybridized carbons (Fsp3) is 0.273. The third-order valence-electron chi connectivity index (χ3n) is 5.34. The van der Waals surface area contributed by atoms with E-state index in [-0.39, 0.29) is 7.43 Å². The number of pyridine rings is 2. The summed E-state index contributed by atoms with van der Waals surface area (Å²) in [6, 6.07) is 25.5. The molecule has 0 aliphatic rings. The molecule has 39 heavy (non-hydrogen) atoms. The van der Waals surface area contributed by atoms with Gasteiger partial charge in [-0.05, 0) is 62.1 Å². The maximum absolute atomic E-state index is 11.1. The molecule has 2 aromatic carbocycles. The first kappa shape index (κ1) is 30.7. The number of ether oxygens (including phenoxy) is 2. The number of hydrogen-bond acceptors (Lipinski definition) is 6. The predicted molar refractivity (Wildman–Crippen MR) is 157 cm³/mol. The molecule has 2 heterocycles. The first-order chi connectivity index (χ1) is 18.8. The van der Waals surface area contributed by atoms with Crippen molar-refractivity contribution >= 4 is 6.29 Å². The molecule has 0 saturated heterocycles. The second kappa shape index (κ2) is 17.1. The molecule has 0 fully saturated rings. The molecule has 0 radical (unpaired) electrons. The highest BCUT2D eigenvalue weighted by molar-refractivity contribution is 5.80. The van der Waals surface area contributed by atoms with E-state index in [2.05, 4.69) is 16.0 Å². The van der Waals surface area contributed by atoms with E-state index in [1.165, 1.54) is 0 Å². The molecule has 6 heteroatoms. The van der Waals surface area contributed by atoms with E-state index in [0.717, 1.165) is 39.9 Å². The number of carbonyl (C=O) groups is 1. The molecule has 0 spiro atoms. The van der Waals surface area contributed by atoms with E-state index in [1.54, 1.807) is 6.92 Å². The van der Waals surface area contributed by atoms with E-state index in [4.69, 9.17) is 16.1 Å². The van der Waals surface area contributed by atoms with Gasteiger partial charge in [0.25, 0.3) is 0 Å². The van der Waals surface area contributed by atoms with Crippen LogP contribution in [0.3, 0.4) is 0 Å². The summed E-state index contributed by atoms with van der Waals surface area (Å²) < 4.78 is 17.5. The number of nitrogens with zero attached hydrogens (tertiary/aromatic N) is 3. The smallest absolute Gasteiger partial charge is 0.232 e. The fourth-order valence-electron chi connectivity index (χ4n) is 3.56. The molecule has 0 aliphatic carbocycles. The summed E-state index contributed by atoms with van der Waals surface area (Å²) in [4.78, 5) is 19.6. The van der Waals surface area contributed by atoms with Crippen molar-refractivity contribution in [2.24, 2.45) is 0 Å². The van der Waals surface area contributed by atoms with Crippen LogP contribution >= 0.6 is 0 Å². The Morgan fingerprint density at radius 2 is 1.26 bits per heavy atom. The summed E-state index contributed by atoms with van der Waals surface area (Å²) in [5, 5.41) is 9.12. The van der Waals surface area contributed by atoms with Crippen LogP contribution in [0.5, 0.6) is 11.8 Å². The Kier molecular flexibility index (Phi) is 13.5.